The Balaban J connectivity index is 2.05. The molecule has 0 unspecified atom stereocenters. The highest BCUT2D eigenvalue weighted by Crippen LogP contribution is 2.26. The van der Waals surface area contributed by atoms with Crippen molar-refractivity contribution in [3.05, 3.63) is 29.3 Å². The van der Waals surface area contributed by atoms with Crippen LogP contribution in [-0.4, -0.2) is 35.8 Å². The largest absolute Gasteiger partial charge is 0.338 e. The molecule has 0 radical (unpaired) electrons. The zero-order chi connectivity index (χ0) is 17.9. The second kappa shape index (κ2) is 7.47. The van der Waals surface area contributed by atoms with Crippen LogP contribution in [0.4, 0.5) is 10.5 Å². The van der Waals surface area contributed by atoms with Crippen LogP contribution in [0.5, 0.6) is 0 Å². The van der Waals surface area contributed by atoms with Crippen molar-refractivity contribution >= 4 is 23.5 Å². The van der Waals surface area contributed by atoms with Crippen LogP contribution in [0.2, 0.25) is 0 Å². The molecule has 24 heavy (non-hydrogen) atoms. The van der Waals surface area contributed by atoms with Crippen molar-refractivity contribution in [2.45, 2.75) is 34.1 Å². The summed E-state index contributed by atoms with van der Waals surface area (Å²) >= 11 is 0. The highest BCUT2D eigenvalue weighted by Gasteiger charge is 2.35. The van der Waals surface area contributed by atoms with E-state index in [1.807, 2.05) is 13.8 Å². The predicted molar refractivity (Wildman–Crippen MR) is 93.1 cm³/mol. The summed E-state index contributed by atoms with van der Waals surface area (Å²) in [5, 5.41) is 5.48. The van der Waals surface area contributed by atoms with E-state index in [1.165, 1.54) is 4.90 Å². The maximum atomic E-state index is 12.4. The topological polar surface area (TPSA) is 78.5 Å². The van der Waals surface area contributed by atoms with Gasteiger partial charge in [0.25, 0.3) is 11.8 Å². The lowest BCUT2D eigenvalue weighted by Gasteiger charge is -2.15. The molecule has 0 bridgehead atoms. The van der Waals surface area contributed by atoms with Crippen molar-refractivity contribution < 1.29 is 14.4 Å². The van der Waals surface area contributed by atoms with Crippen LogP contribution in [-0.2, 0) is 0 Å². The van der Waals surface area contributed by atoms with E-state index in [4.69, 9.17) is 0 Å². The summed E-state index contributed by atoms with van der Waals surface area (Å²) in [5.41, 5.74) is 1.25. The number of nitrogens with one attached hydrogen (secondary N) is 2. The second-order valence-corrected chi connectivity index (χ2v) is 6.94. The van der Waals surface area contributed by atoms with Crippen LogP contribution in [0, 0.1) is 11.8 Å². The van der Waals surface area contributed by atoms with Crippen LogP contribution in [0.1, 0.15) is 54.8 Å². The Bertz CT molecular complexity index is 653. The molecule has 1 aliphatic rings. The molecule has 0 aromatic heterocycles. The number of imide groups is 1. The fraction of sp³-hybridized carbons (Fsp3) is 0.500. The average Bonchev–Trinajstić information content (AvgIpc) is 2.71. The van der Waals surface area contributed by atoms with E-state index >= 15 is 0 Å². The number of carbonyl (C=O) groups is 3. The van der Waals surface area contributed by atoms with Gasteiger partial charge in [-0.05, 0) is 36.5 Å². The number of amides is 4. The van der Waals surface area contributed by atoms with Crippen molar-refractivity contribution in [1.82, 2.24) is 10.2 Å². The molecule has 1 heterocycles. The molecule has 0 fully saturated rings. The van der Waals surface area contributed by atoms with Gasteiger partial charge in [0, 0.05) is 18.8 Å². The quantitative estimate of drug-likeness (QED) is 0.786. The van der Waals surface area contributed by atoms with Crippen LogP contribution >= 0.6 is 0 Å². The number of nitrogens with zero attached hydrogens (tertiary/aromatic N) is 1. The molecule has 4 amide bonds. The number of anilines is 1. The lowest BCUT2D eigenvalue weighted by Crippen LogP contribution is -2.33. The minimum Gasteiger partial charge on any atom is -0.338 e. The first kappa shape index (κ1) is 18.0. The fourth-order valence-corrected chi connectivity index (χ4v) is 2.55. The first-order valence-electron chi connectivity index (χ1n) is 8.34. The average molecular weight is 331 g/mol. The molecular weight excluding hydrogens is 306 g/mol. The summed E-state index contributed by atoms with van der Waals surface area (Å²) in [5.74, 6) is 0.154. The molecular formula is C18H25N3O3. The van der Waals surface area contributed by atoms with Gasteiger partial charge in [-0.3, -0.25) is 14.5 Å². The normalized spacial score (nSPS) is 13.7. The van der Waals surface area contributed by atoms with Gasteiger partial charge in [0.15, 0.2) is 0 Å². The zero-order valence-electron chi connectivity index (χ0n) is 14.7. The van der Waals surface area contributed by atoms with Gasteiger partial charge in [-0.15, -0.1) is 0 Å². The molecule has 0 atom stereocenters. The smallest absolute Gasteiger partial charge is 0.319 e. The van der Waals surface area contributed by atoms with Crippen molar-refractivity contribution in [2.24, 2.45) is 11.8 Å². The highest BCUT2D eigenvalue weighted by molar-refractivity contribution is 6.21. The maximum absolute atomic E-state index is 12.4. The number of rotatable bonds is 6. The second-order valence-electron chi connectivity index (χ2n) is 6.94. The number of urea groups is 1. The Morgan fingerprint density at radius 1 is 1.04 bits per heavy atom. The van der Waals surface area contributed by atoms with E-state index in [0.717, 1.165) is 6.42 Å². The number of hydrogen-bond donors (Lipinski definition) is 2. The Kier molecular flexibility index (Phi) is 5.59. The van der Waals surface area contributed by atoms with Crippen molar-refractivity contribution in [2.75, 3.05) is 18.4 Å². The Hall–Kier alpha value is -2.37. The van der Waals surface area contributed by atoms with E-state index < -0.39 is 0 Å². The van der Waals surface area contributed by atoms with Crippen LogP contribution in [0.3, 0.4) is 0 Å². The highest BCUT2D eigenvalue weighted by atomic mass is 16.2. The monoisotopic (exact) mass is 331 g/mol. The number of hydrogen-bond acceptors (Lipinski definition) is 3. The summed E-state index contributed by atoms with van der Waals surface area (Å²) in [6.45, 7) is 9.08. The molecule has 1 aromatic rings. The summed E-state index contributed by atoms with van der Waals surface area (Å²) < 4.78 is 0. The van der Waals surface area contributed by atoms with Crippen molar-refractivity contribution in [3.8, 4) is 0 Å². The minimum absolute atomic E-state index is 0.205. The molecule has 1 aromatic carbocycles. The molecule has 6 nitrogen and oxygen atoms in total. The molecule has 1 aliphatic heterocycles. The van der Waals surface area contributed by atoms with Gasteiger partial charge in [0.05, 0.1) is 11.1 Å². The Morgan fingerprint density at radius 2 is 1.71 bits per heavy atom. The van der Waals surface area contributed by atoms with Gasteiger partial charge in [-0.2, -0.15) is 0 Å². The van der Waals surface area contributed by atoms with Crippen LogP contribution in [0.15, 0.2) is 18.2 Å². The third-order valence-electron chi connectivity index (χ3n) is 3.78. The molecule has 130 valence electrons. The number of carbonyl (C=O) groups excluding carboxylic acids is 3. The van der Waals surface area contributed by atoms with Gasteiger partial charge in [-0.25, -0.2) is 4.79 Å². The maximum Gasteiger partial charge on any atom is 0.319 e. The molecule has 2 rings (SSSR count). The first-order valence-corrected chi connectivity index (χ1v) is 8.34. The van der Waals surface area contributed by atoms with Crippen LogP contribution in [0.25, 0.3) is 0 Å². The van der Waals surface area contributed by atoms with Crippen LogP contribution < -0.4 is 10.6 Å². The Labute approximate surface area is 142 Å². The molecule has 6 heteroatoms. The lowest BCUT2D eigenvalue weighted by molar-refractivity contribution is 0.0636. The van der Waals surface area contributed by atoms with Gasteiger partial charge < -0.3 is 10.6 Å². The summed E-state index contributed by atoms with van der Waals surface area (Å²) in [6, 6.07) is 4.49. The molecule has 0 saturated carbocycles. The summed E-state index contributed by atoms with van der Waals surface area (Å²) in [4.78, 5) is 37.8. The predicted octanol–water partition coefficient (Wildman–Crippen LogP) is 3.11. The van der Waals surface area contributed by atoms with Crippen molar-refractivity contribution in [1.29, 1.82) is 0 Å². The molecule has 0 aliphatic carbocycles. The Morgan fingerprint density at radius 3 is 2.33 bits per heavy atom. The molecule has 0 saturated heterocycles. The summed E-state index contributed by atoms with van der Waals surface area (Å²) in [7, 11) is 0. The van der Waals surface area contributed by atoms with Gasteiger partial charge >= 0.3 is 6.03 Å². The molecule has 0 spiro atoms. The lowest BCUT2D eigenvalue weighted by atomic mass is 10.1. The third-order valence-corrected chi connectivity index (χ3v) is 3.78. The van der Waals surface area contributed by atoms with E-state index in [-0.39, 0.29) is 23.8 Å². The van der Waals surface area contributed by atoms with E-state index in [9.17, 15) is 14.4 Å². The van der Waals surface area contributed by atoms with Gasteiger partial charge in [0.1, 0.15) is 0 Å². The minimum atomic E-state index is -0.314. The fourth-order valence-electron chi connectivity index (χ4n) is 2.55. The standard InChI is InChI=1S/C18H25N3O3/c1-11(2)7-8-19-18(24)20-13-5-6-14-15(9-13)17(23)21(16(14)22)10-12(3)4/h5-6,9,11-12H,7-8,10H2,1-4H3,(H2,19,20,24). The SMILES string of the molecule is CC(C)CCNC(=O)Nc1ccc2c(c1)C(=O)N(CC(C)C)C2=O. The van der Waals surface area contributed by atoms with E-state index in [0.29, 0.717) is 35.8 Å². The van der Waals surface area contributed by atoms with E-state index in [2.05, 4.69) is 24.5 Å². The zero-order valence-corrected chi connectivity index (χ0v) is 14.7. The summed E-state index contributed by atoms with van der Waals surface area (Å²) in [6.07, 6.45) is 0.898. The van der Waals surface area contributed by atoms with E-state index in [1.54, 1.807) is 18.2 Å². The molecule has 2 N–H and O–H groups in total. The third kappa shape index (κ3) is 4.13. The van der Waals surface area contributed by atoms with Gasteiger partial charge in [0.2, 0.25) is 0 Å². The number of fused-ring (bicyclic) bond motifs is 1. The number of benzene rings is 1. The van der Waals surface area contributed by atoms with Gasteiger partial charge in [-0.1, -0.05) is 27.7 Å². The first-order chi connectivity index (χ1) is 11.3. The van der Waals surface area contributed by atoms with Crippen molar-refractivity contribution in [3.63, 3.8) is 0 Å².